The molecule has 14 heavy (non-hydrogen) atoms. The molecule has 0 amide bonds. The molecule has 2 aromatic rings. The van der Waals surface area contributed by atoms with Gasteiger partial charge in [0.15, 0.2) is 0 Å². The fraction of sp³-hybridized carbons (Fsp3) is 0.0909. The van der Waals surface area contributed by atoms with Crippen molar-refractivity contribution in [2.45, 2.75) is 6.92 Å². The first kappa shape index (κ1) is 9.34. The predicted octanol–water partition coefficient (Wildman–Crippen LogP) is 3.21. The van der Waals surface area contributed by atoms with E-state index in [1.165, 1.54) is 0 Å². The average molecular weight is 249 g/mol. The fourth-order valence-corrected chi connectivity index (χ4v) is 1.62. The summed E-state index contributed by atoms with van der Waals surface area (Å²) in [6.45, 7) is 1.97. The first-order valence-electron chi connectivity index (χ1n) is 4.31. The van der Waals surface area contributed by atoms with Gasteiger partial charge in [-0.25, -0.2) is 4.98 Å². The second-order valence-corrected chi connectivity index (χ2v) is 3.84. The molecule has 2 nitrogen and oxygen atoms in total. The van der Waals surface area contributed by atoms with Gasteiger partial charge in [-0.15, -0.1) is 0 Å². The Morgan fingerprint density at radius 1 is 1.21 bits per heavy atom. The molecular formula is C11H9BrN2. The van der Waals surface area contributed by atoms with Crippen molar-refractivity contribution in [1.82, 2.24) is 9.97 Å². The predicted molar refractivity (Wildman–Crippen MR) is 59.9 cm³/mol. The maximum atomic E-state index is 4.37. The van der Waals surface area contributed by atoms with Crippen molar-refractivity contribution in [2.75, 3.05) is 0 Å². The van der Waals surface area contributed by atoms with Gasteiger partial charge in [0.25, 0.3) is 0 Å². The normalized spacial score (nSPS) is 10.1. The molecule has 0 saturated heterocycles. The third-order valence-electron chi connectivity index (χ3n) is 1.91. The zero-order valence-electron chi connectivity index (χ0n) is 7.74. The molecule has 0 spiro atoms. The number of pyridine rings is 2. The number of nitrogens with zero attached hydrogens (tertiary/aromatic N) is 2. The summed E-state index contributed by atoms with van der Waals surface area (Å²) >= 11 is 3.35. The number of halogens is 1. The summed E-state index contributed by atoms with van der Waals surface area (Å²) in [5, 5.41) is 0. The van der Waals surface area contributed by atoms with Crippen molar-refractivity contribution < 1.29 is 0 Å². The van der Waals surface area contributed by atoms with Gasteiger partial charge in [0, 0.05) is 17.5 Å². The van der Waals surface area contributed by atoms with Crippen LogP contribution < -0.4 is 0 Å². The topological polar surface area (TPSA) is 25.8 Å². The van der Waals surface area contributed by atoms with Crippen LogP contribution in [-0.4, -0.2) is 9.97 Å². The van der Waals surface area contributed by atoms with Crippen LogP contribution in [0.15, 0.2) is 41.1 Å². The molecule has 0 N–H and O–H groups in total. The van der Waals surface area contributed by atoms with E-state index in [0.717, 1.165) is 21.6 Å². The van der Waals surface area contributed by atoms with Gasteiger partial charge in [0.2, 0.25) is 0 Å². The fourth-order valence-electron chi connectivity index (χ4n) is 1.27. The second kappa shape index (κ2) is 3.88. The lowest BCUT2D eigenvalue weighted by Crippen LogP contribution is -1.86. The Morgan fingerprint density at radius 2 is 2.07 bits per heavy atom. The van der Waals surface area contributed by atoms with Gasteiger partial charge >= 0.3 is 0 Å². The molecule has 70 valence electrons. The highest BCUT2D eigenvalue weighted by Gasteiger charge is 1.99. The van der Waals surface area contributed by atoms with Gasteiger partial charge in [-0.3, -0.25) is 4.98 Å². The standard InChI is InChI=1S/C11H9BrN2/c1-8-7-9(5-6-13-8)10-3-2-4-11(12)14-10/h2-7H,1H3. The maximum absolute atomic E-state index is 4.37. The van der Waals surface area contributed by atoms with Crippen LogP contribution in [0.5, 0.6) is 0 Å². The number of aryl methyl sites for hydroxylation is 1. The molecule has 0 aliphatic rings. The largest absolute Gasteiger partial charge is 0.262 e. The first-order chi connectivity index (χ1) is 6.75. The van der Waals surface area contributed by atoms with E-state index < -0.39 is 0 Å². The summed E-state index contributed by atoms with van der Waals surface area (Å²) in [5.41, 5.74) is 3.06. The lowest BCUT2D eigenvalue weighted by atomic mass is 10.1. The highest BCUT2D eigenvalue weighted by Crippen LogP contribution is 2.18. The van der Waals surface area contributed by atoms with Crippen LogP contribution in [-0.2, 0) is 0 Å². The molecule has 3 heteroatoms. The van der Waals surface area contributed by atoms with Crippen LogP contribution in [0.2, 0.25) is 0 Å². The second-order valence-electron chi connectivity index (χ2n) is 3.03. The minimum Gasteiger partial charge on any atom is -0.262 e. The smallest absolute Gasteiger partial charge is 0.106 e. The Hall–Kier alpha value is -1.22. The summed E-state index contributed by atoms with van der Waals surface area (Å²) in [6, 6.07) is 9.86. The van der Waals surface area contributed by atoms with E-state index in [1.807, 2.05) is 37.3 Å². The number of hydrogen-bond donors (Lipinski definition) is 0. The van der Waals surface area contributed by atoms with Crippen molar-refractivity contribution in [3.63, 3.8) is 0 Å². The maximum Gasteiger partial charge on any atom is 0.106 e. The van der Waals surface area contributed by atoms with Crippen molar-refractivity contribution in [3.05, 3.63) is 46.8 Å². The molecule has 0 bridgehead atoms. The molecular weight excluding hydrogens is 240 g/mol. The molecule has 0 aliphatic carbocycles. The van der Waals surface area contributed by atoms with E-state index in [2.05, 4.69) is 25.9 Å². The molecule has 0 atom stereocenters. The Balaban J connectivity index is 2.49. The summed E-state index contributed by atoms with van der Waals surface area (Å²) in [7, 11) is 0. The SMILES string of the molecule is Cc1cc(-c2cccc(Br)n2)ccn1. The summed E-state index contributed by atoms with van der Waals surface area (Å²) in [4.78, 5) is 8.52. The molecule has 2 heterocycles. The molecule has 0 radical (unpaired) electrons. The molecule has 2 rings (SSSR count). The summed E-state index contributed by atoms with van der Waals surface area (Å²) < 4.78 is 0.851. The number of rotatable bonds is 1. The van der Waals surface area contributed by atoms with Crippen LogP contribution in [0, 0.1) is 6.92 Å². The lowest BCUT2D eigenvalue weighted by Gasteiger charge is -2.01. The van der Waals surface area contributed by atoms with Gasteiger partial charge in [0.1, 0.15) is 4.60 Å². The Kier molecular flexibility index (Phi) is 2.59. The van der Waals surface area contributed by atoms with E-state index in [-0.39, 0.29) is 0 Å². The number of hydrogen-bond acceptors (Lipinski definition) is 2. The number of aromatic nitrogens is 2. The van der Waals surface area contributed by atoms with Crippen LogP contribution in [0.3, 0.4) is 0 Å². The van der Waals surface area contributed by atoms with Gasteiger partial charge in [-0.05, 0) is 47.1 Å². The van der Waals surface area contributed by atoms with E-state index in [1.54, 1.807) is 6.20 Å². The van der Waals surface area contributed by atoms with Crippen LogP contribution >= 0.6 is 15.9 Å². The van der Waals surface area contributed by atoms with Gasteiger partial charge in [-0.1, -0.05) is 6.07 Å². The monoisotopic (exact) mass is 248 g/mol. The molecule has 0 saturated carbocycles. The average Bonchev–Trinajstić information content (AvgIpc) is 2.18. The highest BCUT2D eigenvalue weighted by molar-refractivity contribution is 9.10. The van der Waals surface area contributed by atoms with Crippen molar-refractivity contribution in [3.8, 4) is 11.3 Å². The minimum absolute atomic E-state index is 0.851. The third-order valence-corrected chi connectivity index (χ3v) is 2.35. The zero-order chi connectivity index (χ0) is 9.97. The van der Waals surface area contributed by atoms with Crippen LogP contribution in [0.1, 0.15) is 5.69 Å². The van der Waals surface area contributed by atoms with Gasteiger partial charge < -0.3 is 0 Å². The third kappa shape index (κ3) is 1.99. The molecule has 0 unspecified atom stereocenters. The Morgan fingerprint density at radius 3 is 2.79 bits per heavy atom. The highest BCUT2D eigenvalue weighted by atomic mass is 79.9. The van der Waals surface area contributed by atoms with E-state index in [0.29, 0.717) is 0 Å². The molecule has 0 aromatic carbocycles. The van der Waals surface area contributed by atoms with E-state index in [9.17, 15) is 0 Å². The van der Waals surface area contributed by atoms with Gasteiger partial charge in [0.05, 0.1) is 5.69 Å². The van der Waals surface area contributed by atoms with E-state index in [4.69, 9.17) is 0 Å². The van der Waals surface area contributed by atoms with Gasteiger partial charge in [-0.2, -0.15) is 0 Å². The Labute approximate surface area is 91.2 Å². The molecule has 2 aromatic heterocycles. The van der Waals surface area contributed by atoms with E-state index >= 15 is 0 Å². The van der Waals surface area contributed by atoms with Crippen molar-refractivity contribution in [1.29, 1.82) is 0 Å². The van der Waals surface area contributed by atoms with Crippen molar-refractivity contribution >= 4 is 15.9 Å². The lowest BCUT2D eigenvalue weighted by molar-refractivity contribution is 1.19. The first-order valence-corrected chi connectivity index (χ1v) is 5.10. The van der Waals surface area contributed by atoms with Crippen LogP contribution in [0.4, 0.5) is 0 Å². The summed E-state index contributed by atoms with van der Waals surface area (Å²) in [5.74, 6) is 0. The van der Waals surface area contributed by atoms with Crippen molar-refractivity contribution in [2.24, 2.45) is 0 Å². The van der Waals surface area contributed by atoms with Crippen LogP contribution in [0.25, 0.3) is 11.3 Å². The molecule has 0 aliphatic heterocycles. The Bertz CT molecular complexity index is 411. The quantitative estimate of drug-likeness (QED) is 0.725. The minimum atomic E-state index is 0.851. The molecule has 0 fully saturated rings. The zero-order valence-corrected chi connectivity index (χ0v) is 9.32. The summed E-state index contributed by atoms with van der Waals surface area (Å²) in [6.07, 6.45) is 1.80.